The van der Waals surface area contributed by atoms with E-state index >= 15 is 0 Å². The molecule has 2 bridgehead atoms. The molecule has 3 unspecified atom stereocenters. The molecular formula is C17H22F3N3O. The van der Waals surface area contributed by atoms with E-state index in [0.717, 1.165) is 31.7 Å². The Hall–Kier alpha value is -1.60. The molecule has 2 fully saturated rings. The first-order chi connectivity index (χ1) is 11.4. The van der Waals surface area contributed by atoms with Gasteiger partial charge in [-0.2, -0.15) is 0 Å². The molecule has 1 amide bonds. The molecule has 1 aromatic rings. The van der Waals surface area contributed by atoms with Crippen LogP contribution in [0.4, 0.5) is 13.2 Å². The zero-order valence-electron chi connectivity index (χ0n) is 13.4. The van der Waals surface area contributed by atoms with E-state index in [0.29, 0.717) is 6.07 Å². The third-order valence-corrected chi connectivity index (χ3v) is 5.38. The van der Waals surface area contributed by atoms with Gasteiger partial charge in [-0.15, -0.1) is 0 Å². The predicted octanol–water partition coefficient (Wildman–Crippen LogP) is 1.70. The maximum Gasteiger partial charge on any atom is 0.236 e. The Kier molecular flexibility index (Phi) is 4.83. The van der Waals surface area contributed by atoms with E-state index in [1.165, 1.54) is 0 Å². The Morgan fingerprint density at radius 2 is 1.71 bits per heavy atom. The molecule has 1 aromatic carbocycles. The predicted molar refractivity (Wildman–Crippen MR) is 83.4 cm³/mol. The second-order valence-corrected chi connectivity index (χ2v) is 6.85. The van der Waals surface area contributed by atoms with Gasteiger partial charge in [0, 0.05) is 24.2 Å². The van der Waals surface area contributed by atoms with Crippen molar-refractivity contribution >= 4 is 5.91 Å². The average Bonchev–Trinajstić information content (AvgIpc) is 2.81. The number of halogens is 3. The van der Waals surface area contributed by atoms with Gasteiger partial charge in [-0.25, -0.2) is 13.2 Å². The first kappa shape index (κ1) is 17.2. The summed E-state index contributed by atoms with van der Waals surface area (Å²) in [5, 5.41) is 0. The SMILES string of the molecule is NCC(=O)N1C2CCC1CC(C(N)Cc1cc(F)c(F)cc1F)C2. The molecule has 24 heavy (non-hydrogen) atoms. The van der Waals surface area contributed by atoms with Crippen molar-refractivity contribution in [1.82, 2.24) is 4.90 Å². The van der Waals surface area contributed by atoms with Gasteiger partial charge in [-0.05, 0) is 49.7 Å². The van der Waals surface area contributed by atoms with Crippen molar-refractivity contribution in [2.45, 2.75) is 50.2 Å². The topological polar surface area (TPSA) is 72.4 Å². The first-order valence-electron chi connectivity index (χ1n) is 8.31. The van der Waals surface area contributed by atoms with Crippen LogP contribution in [-0.2, 0) is 11.2 Å². The van der Waals surface area contributed by atoms with Gasteiger partial charge in [-0.3, -0.25) is 4.79 Å². The molecule has 2 heterocycles. The maximum absolute atomic E-state index is 13.8. The molecule has 7 heteroatoms. The number of hydrogen-bond donors (Lipinski definition) is 2. The molecule has 2 aliphatic rings. The normalized spacial score (nSPS) is 27.4. The minimum Gasteiger partial charge on any atom is -0.336 e. The molecule has 3 rings (SSSR count). The lowest BCUT2D eigenvalue weighted by molar-refractivity contribution is -0.134. The second kappa shape index (κ2) is 6.72. The van der Waals surface area contributed by atoms with Crippen molar-refractivity contribution in [3.63, 3.8) is 0 Å². The maximum atomic E-state index is 13.8. The zero-order chi connectivity index (χ0) is 17.4. The lowest BCUT2D eigenvalue weighted by Gasteiger charge is -2.41. The van der Waals surface area contributed by atoms with Crippen LogP contribution in [0.5, 0.6) is 0 Å². The summed E-state index contributed by atoms with van der Waals surface area (Å²) in [6.45, 7) is 0.00376. The fraction of sp³-hybridized carbons (Fsp3) is 0.588. The van der Waals surface area contributed by atoms with E-state index in [2.05, 4.69) is 0 Å². The molecule has 0 aliphatic carbocycles. The number of piperidine rings is 1. The van der Waals surface area contributed by atoms with Crippen molar-refractivity contribution in [3.8, 4) is 0 Å². The number of benzene rings is 1. The molecule has 0 aromatic heterocycles. The first-order valence-corrected chi connectivity index (χ1v) is 8.31. The largest absolute Gasteiger partial charge is 0.336 e. The van der Waals surface area contributed by atoms with Crippen molar-refractivity contribution < 1.29 is 18.0 Å². The Morgan fingerprint density at radius 3 is 2.29 bits per heavy atom. The van der Waals surface area contributed by atoms with Crippen LogP contribution >= 0.6 is 0 Å². The summed E-state index contributed by atoms with van der Waals surface area (Å²) in [6.07, 6.45) is 3.50. The highest BCUT2D eigenvalue weighted by Gasteiger charge is 2.44. The Morgan fingerprint density at radius 1 is 1.12 bits per heavy atom. The number of nitrogens with two attached hydrogens (primary N) is 2. The van der Waals surface area contributed by atoms with Crippen molar-refractivity contribution in [2.75, 3.05) is 6.54 Å². The summed E-state index contributed by atoms with van der Waals surface area (Å²) in [5.41, 5.74) is 11.8. The number of fused-ring (bicyclic) bond motifs is 2. The molecule has 0 spiro atoms. The second-order valence-electron chi connectivity index (χ2n) is 6.85. The van der Waals surface area contributed by atoms with Crippen LogP contribution in [-0.4, -0.2) is 35.5 Å². The highest BCUT2D eigenvalue weighted by molar-refractivity contribution is 5.79. The summed E-state index contributed by atoms with van der Waals surface area (Å²) >= 11 is 0. The molecule has 0 saturated carbocycles. The Bertz CT molecular complexity index is 626. The van der Waals surface area contributed by atoms with Crippen LogP contribution in [0.3, 0.4) is 0 Å². The number of rotatable bonds is 4. The lowest BCUT2D eigenvalue weighted by Crippen LogP contribution is -2.51. The fourth-order valence-corrected chi connectivity index (χ4v) is 4.22. The molecule has 132 valence electrons. The van der Waals surface area contributed by atoms with Crippen molar-refractivity contribution in [1.29, 1.82) is 0 Å². The van der Waals surface area contributed by atoms with Crippen LogP contribution in [0, 0.1) is 23.4 Å². The Labute approximate surface area is 139 Å². The molecule has 0 radical (unpaired) electrons. The molecule has 2 saturated heterocycles. The van der Waals surface area contributed by atoms with Crippen molar-refractivity contribution in [3.05, 3.63) is 35.1 Å². The quantitative estimate of drug-likeness (QED) is 0.819. The fourth-order valence-electron chi connectivity index (χ4n) is 4.22. The third-order valence-electron chi connectivity index (χ3n) is 5.38. The molecule has 4 nitrogen and oxygen atoms in total. The van der Waals surface area contributed by atoms with Crippen molar-refractivity contribution in [2.24, 2.45) is 17.4 Å². The third kappa shape index (κ3) is 3.15. The van der Waals surface area contributed by atoms with Gasteiger partial charge in [-0.1, -0.05) is 0 Å². The average molecular weight is 341 g/mol. The van der Waals surface area contributed by atoms with Gasteiger partial charge in [0.25, 0.3) is 0 Å². The molecular weight excluding hydrogens is 319 g/mol. The van der Waals surface area contributed by atoms with Crippen LogP contribution in [0.1, 0.15) is 31.2 Å². The van der Waals surface area contributed by atoms with Gasteiger partial charge in [0.1, 0.15) is 5.82 Å². The summed E-state index contributed by atoms with van der Waals surface area (Å²) in [6, 6.07) is 1.34. The van der Waals surface area contributed by atoms with Crippen LogP contribution in [0.2, 0.25) is 0 Å². The highest BCUT2D eigenvalue weighted by Crippen LogP contribution is 2.40. The van der Waals surface area contributed by atoms with E-state index in [-0.39, 0.29) is 48.5 Å². The zero-order valence-corrected chi connectivity index (χ0v) is 13.4. The van der Waals surface area contributed by atoms with Gasteiger partial charge in [0.05, 0.1) is 6.54 Å². The van der Waals surface area contributed by atoms with E-state index in [9.17, 15) is 18.0 Å². The van der Waals surface area contributed by atoms with Gasteiger partial charge in [0.15, 0.2) is 11.6 Å². The Balaban J connectivity index is 1.68. The number of nitrogens with zero attached hydrogens (tertiary/aromatic N) is 1. The van der Waals surface area contributed by atoms with Crippen LogP contribution in [0.15, 0.2) is 12.1 Å². The van der Waals surface area contributed by atoms with Crippen LogP contribution < -0.4 is 11.5 Å². The lowest BCUT2D eigenvalue weighted by atomic mass is 9.82. The van der Waals surface area contributed by atoms with E-state index in [4.69, 9.17) is 11.5 Å². The van der Waals surface area contributed by atoms with Gasteiger partial charge in [0.2, 0.25) is 5.91 Å². The standard InChI is InChI=1S/C17H22F3N3O/c18-13-7-15(20)14(19)5-9(13)6-16(22)10-3-11-1-2-12(4-10)23(11)17(24)8-21/h5,7,10-12,16H,1-4,6,8,21-22H2. The van der Waals surface area contributed by atoms with E-state index in [1.54, 1.807) is 0 Å². The highest BCUT2D eigenvalue weighted by atomic mass is 19.2. The smallest absolute Gasteiger partial charge is 0.236 e. The van der Waals surface area contributed by atoms with Gasteiger partial charge >= 0.3 is 0 Å². The number of amides is 1. The summed E-state index contributed by atoms with van der Waals surface area (Å²) < 4.78 is 40.2. The molecule has 4 N–H and O–H groups in total. The summed E-state index contributed by atoms with van der Waals surface area (Å²) in [7, 11) is 0. The molecule has 3 atom stereocenters. The van der Waals surface area contributed by atoms with E-state index < -0.39 is 17.5 Å². The van der Waals surface area contributed by atoms with E-state index in [1.807, 2.05) is 4.90 Å². The monoisotopic (exact) mass is 341 g/mol. The molecule has 2 aliphatic heterocycles. The summed E-state index contributed by atoms with van der Waals surface area (Å²) in [5.74, 6) is -2.96. The minimum absolute atomic E-state index is 0.00376. The van der Waals surface area contributed by atoms with Crippen LogP contribution in [0.25, 0.3) is 0 Å². The number of carbonyl (C=O) groups is 1. The number of hydrogen-bond acceptors (Lipinski definition) is 3. The minimum atomic E-state index is -1.20. The van der Waals surface area contributed by atoms with Gasteiger partial charge < -0.3 is 16.4 Å². The summed E-state index contributed by atoms with van der Waals surface area (Å²) in [4.78, 5) is 13.8. The number of carbonyl (C=O) groups excluding carboxylic acids is 1.